The van der Waals surface area contributed by atoms with E-state index in [2.05, 4.69) is 4.90 Å². The number of β-amino-alcohol motifs (C(OH)–C–C–N with tert-alkyl or cyclic N) is 1. The second kappa shape index (κ2) is 6.66. The van der Waals surface area contributed by atoms with Gasteiger partial charge in [0.25, 0.3) is 17.2 Å². The van der Waals surface area contributed by atoms with Crippen LogP contribution < -0.4 is 9.64 Å². The fourth-order valence-electron chi connectivity index (χ4n) is 4.01. The third-order valence-electron chi connectivity index (χ3n) is 5.38. The summed E-state index contributed by atoms with van der Waals surface area (Å²) in [5, 5.41) is 22.8. The Morgan fingerprint density at radius 2 is 2.00 bits per heavy atom. The lowest BCUT2D eigenvalue weighted by molar-refractivity contribution is -0.661. The molecule has 0 saturated carbocycles. The molecule has 7 heteroatoms. The van der Waals surface area contributed by atoms with Crippen LogP contribution in [0.25, 0.3) is 0 Å². The van der Waals surface area contributed by atoms with Crippen molar-refractivity contribution in [2.24, 2.45) is 0 Å². The molecule has 0 unspecified atom stereocenters. The summed E-state index contributed by atoms with van der Waals surface area (Å²) in [6, 6.07) is 14.0. The fourth-order valence-corrected chi connectivity index (χ4v) is 4.01. The molecule has 0 fully saturated rings. The van der Waals surface area contributed by atoms with Gasteiger partial charge < -0.3 is 9.84 Å². The van der Waals surface area contributed by atoms with Crippen molar-refractivity contribution >= 4 is 17.2 Å². The first-order valence-corrected chi connectivity index (χ1v) is 9.05. The van der Waals surface area contributed by atoms with Crippen LogP contribution >= 0.6 is 0 Å². The Balaban J connectivity index is 1.77. The topological polar surface area (TPSA) is 78.9 Å². The van der Waals surface area contributed by atoms with E-state index in [9.17, 15) is 15.2 Å². The number of non-ortho nitro benzene ring substituents is 1. The Bertz CT molecular complexity index is 910. The molecule has 0 saturated heterocycles. The minimum atomic E-state index is -1.29. The lowest BCUT2D eigenvalue weighted by Crippen LogP contribution is -2.41. The molecule has 2 aromatic carbocycles. The largest absolute Gasteiger partial charge is 0.497 e. The smallest absolute Gasteiger partial charge is 0.271 e. The number of rotatable bonds is 4. The second-order valence-electron chi connectivity index (χ2n) is 6.93. The molecule has 0 bridgehead atoms. The van der Waals surface area contributed by atoms with Crippen molar-refractivity contribution in [1.29, 1.82) is 0 Å². The van der Waals surface area contributed by atoms with Gasteiger partial charge in [-0.2, -0.15) is 0 Å². The van der Waals surface area contributed by atoms with Crippen LogP contribution in [-0.2, 0) is 5.72 Å². The van der Waals surface area contributed by atoms with E-state index in [4.69, 9.17) is 4.74 Å². The predicted octanol–water partition coefficient (Wildman–Crippen LogP) is 2.86. The maximum absolute atomic E-state index is 11.6. The molecule has 0 aliphatic carbocycles. The summed E-state index contributed by atoms with van der Waals surface area (Å²) in [5.41, 5.74) is 0.218. The molecular formula is C20H22N3O4+. The van der Waals surface area contributed by atoms with Gasteiger partial charge in [-0.15, -0.1) is 0 Å². The van der Waals surface area contributed by atoms with Gasteiger partial charge in [0, 0.05) is 24.1 Å². The summed E-state index contributed by atoms with van der Waals surface area (Å²) in [6.45, 7) is 1.05. The molecule has 2 heterocycles. The van der Waals surface area contributed by atoms with Crippen LogP contribution in [0.3, 0.4) is 0 Å². The Labute approximate surface area is 157 Å². The highest BCUT2D eigenvalue weighted by Crippen LogP contribution is 2.37. The van der Waals surface area contributed by atoms with E-state index in [-0.39, 0.29) is 5.69 Å². The van der Waals surface area contributed by atoms with E-state index >= 15 is 0 Å². The van der Waals surface area contributed by atoms with Crippen LogP contribution in [-0.4, -0.2) is 40.6 Å². The quantitative estimate of drug-likeness (QED) is 0.510. The third kappa shape index (κ3) is 2.94. The van der Waals surface area contributed by atoms with Crippen molar-refractivity contribution in [2.45, 2.75) is 25.0 Å². The fraction of sp³-hybridized carbons (Fsp3) is 0.350. The van der Waals surface area contributed by atoms with E-state index in [1.807, 2.05) is 28.8 Å². The number of methoxy groups -OCH3 is 1. The van der Waals surface area contributed by atoms with Crippen LogP contribution in [0.4, 0.5) is 11.4 Å². The van der Waals surface area contributed by atoms with Gasteiger partial charge in [-0.05, 0) is 37.1 Å². The summed E-state index contributed by atoms with van der Waals surface area (Å²) in [5.74, 6) is 1.83. The highest BCUT2D eigenvalue weighted by atomic mass is 16.6. The van der Waals surface area contributed by atoms with Crippen molar-refractivity contribution in [2.75, 3.05) is 25.1 Å². The number of hydrogen-bond acceptors (Lipinski definition) is 5. The molecule has 1 N–H and O–H groups in total. The molecule has 4 rings (SSSR count). The second-order valence-corrected chi connectivity index (χ2v) is 6.93. The van der Waals surface area contributed by atoms with Gasteiger partial charge in [0.05, 0.1) is 18.6 Å². The Morgan fingerprint density at radius 3 is 2.70 bits per heavy atom. The number of anilines is 1. The van der Waals surface area contributed by atoms with Crippen LogP contribution in [0, 0.1) is 10.1 Å². The van der Waals surface area contributed by atoms with Gasteiger partial charge in [0.15, 0.2) is 6.54 Å². The summed E-state index contributed by atoms with van der Waals surface area (Å²) >= 11 is 0. The minimum Gasteiger partial charge on any atom is -0.497 e. The number of nitro groups is 1. The number of nitro benzene ring substituents is 1. The first kappa shape index (κ1) is 17.5. The average Bonchev–Trinajstić information content (AvgIpc) is 3.02. The van der Waals surface area contributed by atoms with E-state index in [1.165, 1.54) is 12.1 Å². The van der Waals surface area contributed by atoms with Crippen molar-refractivity contribution in [3.8, 4) is 5.75 Å². The van der Waals surface area contributed by atoms with Gasteiger partial charge in [0.1, 0.15) is 11.4 Å². The molecule has 7 nitrogen and oxygen atoms in total. The van der Waals surface area contributed by atoms with E-state index in [0.29, 0.717) is 12.1 Å². The summed E-state index contributed by atoms with van der Waals surface area (Å²) in [7, 11) is 1.63. The molecule has 140 valence electrons. The lowest BCUT2D eigenvalue weighted by Gasteiger charge is -2.24. The van der Waals surface area contributed by atoms with Crippen molar-refractivity contribution in [3.05, 3.63) is 64.2 Å². The van der Waals surface area contributed by atoms with Gasteiger partial charge in [-0.25, -0.2) is 9.48 Å². The van der Waals surface area contributed by atoms with Crippen molar-refractivity contribution in [3.63, 3.8) is 0 Å². The first-order valence-electron chi connectivity index (χ1n) is 9.05. The zero-order chi connectivity index (χ0) is 19.0. The number of nitrogens with zero attached hydrogens (tertiary/aromatic N) is 3. The van der Waals surface area contributed by atoms with Crippen LogP contribution in [0.2, 0.25) is 0 Å². The zero-order valence-electron chi connectivity index (χ0n) is 15.2. The zero-order valence-corrected chi connectivity index (χ0v) is 15.2. The van der Waals surface area contributed by atoms with Gasteiger partial charge in [-0.3, -0.25) is 10.1 Å². The third-order valence-corrected chi connectivity index (χ3v) is 5.38. The molecule has 27 heavy (non-hydrogen) atoms. The summed E-state index contributed by atoms with van der Waals surface area (Å²) in [6.07, 6.45) is 2.91. The molecular weight excluding hydrogens is 346 g/mol. The van der Waals surface area contributed by atoms with E-state index < -0.39 is 10.6 Å². The lowest BCUT2D eigenvalue weighted by atomic mass is 10.0. The van der Waals surface area contributed by atoms with E-state index in [0.717, 1.165) is 43.1 Å². The van der Waals surface area contributed by atoms with E-state index in [1.54, 1.807) is 19.2 Å². The number of benzene rings is 2. The maximum Gasteiger partial charge on any atom is 0.271 e. The normalized spacial score (nSPS) is 21.9. The Hall–Kier alpha value is -2.93. The molecule has 2 aliphatic rings. The number of ether oxygens (including phenoxy) is 1. The molecule has 0 aromatic heterocycles. The van der Waals surface area contributed by atoms with Crippen molar-refractivity contribution in [1.82, 2.24) is 0 Å². The standard InChI is InChI=1S/C20H22N3O4/c1-27-18-10-8-16(9-11-18)21-14-20(24,22-12-3-2-7-19(21)22)15-5-4-6-17(13-15)23(25)26/h4-6,8-11,13,24H,2-3,7,12,14H2,1H3/q+1/t20-/m1/s1. The minimum absolute atomic E-state index is 0.0117. The van der Waals surface area contributed by atoms with Gasteiger partial charge in [0.2, 0.25) is 0 Å². The van der Waals surface area contributed by atoms with Crippen molar-refractivity contribution < 1.29 is 19.3 Å². The summed E-state index contributed by atoms with van der Waals surface area (Å²) in [4.78, 5) is 12.9. The van der Waals surface area contributed by atoms with Crippen LogP contribution in [0.1, 0.15) is 24.8 Å². The number of amidine groups is 1. The highest BCUT2D eigenvalue weighted by molar-refractivity contribution is 5.96. The van der Waals surface area contributed by atoms with Gasteiger partial charge in [-0.1, -0.05) is 12.1 Å². The molecule has 2 aliphatic heterocycles. The SMILES string of the molecule is COc1ccc(N2C[C@@](O)(c3cccc([N+](=O)[O-])c3)[N+]3=C2CCCC3)cc1. The number of hydrogen-bond donors (Lipinski definition) is 1. The molecule has 0 amide bonds. The number of aliphatic hydroxyl groups is 1. The highest BCUT2D eigenvalue weighted by Gasteiger charge is 2.52. The predicted molar refractivity (Wildman–Crippen MR) is 101 cm³/mol. The maximum atomic E-state index is 11.6. The monoisotopic (exact) mass is 368 g/mol. The Kier molecular flexibility index (Phi) is 4.31. The van der Waals surface area contributed by atoms with Crippen LogP contribution in [0.15, 0.2) is 48.5 Å². The average molecular weight is 368 g/mol. The Morgan fingerprint density at radius 1 is 1.22 bits per heavy atom. The molecule has 0 radical (unpaired) electrons. The molecule has 2 aromatic rings. The first-order chi connectivity index (χ1) is 13.0. The van der Waals surface area contributed by atoms with Crippen LogP contribution in [0.5, 0.6) is 5.75 Å². The van der Waals surface area contributed by atoms with Gasteiger partial charge >= 0.3 is 0 Å². The molecule has 1 atom stereocenters. The summed E-state index contributed by atoms with van der Waals surface area (Å²) < 4.78 is 7.24. The molecule has 0 spiro atoms.